The predicted octanol–water partition coefficient (Wildman–Crippen LogP) is 12.1. The van der Waals surface area contributed by atoms with Crippen LogP contribution >= 0.6 is 0 Å². The Hall–Kier alpha value is -4.68. The van der Waals surface area contributed by atoms with Gasteiger partial charge in [-0.25, -0.2) is 0 Å². The molecule has 0 aliphatic heterocycles. The first-order valence-corrected chi connectivity index (χ1v) is 14.9. The lowest BCUT2D eigenvalue weighted by Gasteiger charge is -2.22. The largest absolute Gasteiger partial charge is 0.0616 e. The number of hydrogen-bond acceptors (Lipinski definition) is 0. The van der Waals surface area contributed by atoms with Gasteiger partial charge in [-0.05, 0) is 96.6 Å². The summed E-state index contributed by atoms with van der Waals surface area (Å²) < 4.78 is 0. The van der Waals surface area contributed by atoms with Crippen LogP contribution in [-0.2, 0) is 5.41 Å². The first kappa shape index (κ1) is 26.2. The Morgan fingerprint density at radius 2 is 0.952 bits per heavy atom. The second-order valence-corrected chi connectivity index (χ2v) is 12.8. The van der Waals surface area contributed by atoms with E-state index in [0.717, 1.165) is 0 Å². The average molecular weight is 541 g/mol. The molecule has 0 spiro atoms. The first-order valence-electron chi connectivity index (χ1n) is 14.9. The molecule has 0 nitrogen and oxygen atoms in total. The third-order valence-corrected chi connectivity index (χ3v) is 8.70. The molecule has 0 bridgehead atoms. The SMILES string of the molecule is Cc1ccc2c(-c3cccc(C(C)(C)C)c3)c3cc(C)ccc3c(-c3ccc(-c4ccc5ccccc5c4)cc3)c2c1. The third kappa shape index (κ3) is 4.58. The second-order valence-electron chi connectivity index (χ2n) is 12.8. The van der Waals surface area contributed by atoms with Gasteiger partial charge in [-0.15, -0.1) is 0 Å². The molecule has 42 heavy (non-hydrogen) atoms. The fourth-order valence-electron chi connectivity index (χ4n) is 6.42. The molecule has 7 aromatic rings. The van der Waals surface area contributed by atoms with Crippen LogP contribution < -0.4 is 0 Å². The smallest absolute Gasteiger partial charge is 0.00262 e. The zero-order chi connectivity index (χ0) is 29.0. The second kappa shape index (κ2) is 10.00. The van der Waals surface area contributed by atoms with E-state index in [0.29, 0.717) is 0 Å². The van der Waals surface area contributed by atoms with E-state index in [1.807, 2.05) is 0 Å². The van der Waals surface area contributed by atoms with Gasteiger partial charge >= 0.3 is 0 Å². The Labute approximate surface area is 249 Å². The van der Waals surface area contributed by atoms with E-state index in [1.165, 1.54) is 82.4 Å². The van der Waals surface area contributed by atoms with Crippen LogP contribution in [0.25, 0.3) is 65.7 Å². The minimum Gasteiger partial charge on any atom is -0.0616 e. The maximum Gasteiger partial charge on any atom is -0.00262 e. The molecule has 0 radical (unpaired) electrons. The first-order chi connectivity index (χ1) is 20.3. The molecule has 204 valence electrons. The molecule has 0 heteroatoms. The fraction of sp³-hybridized carbons (Fsp3) is 0.143. The standard InChI is InChI=1S/C42H36/c1-27-14-22-37-38(23-27)40(31-18-15-30(16-19-31)33-20-17-29-9-6-7-10-32(29)25-33)36-21-13-28(2)24-39(36)41(37)34-11-8-12-35(26-34)42(3,4)5/h6-26H,1-5H3. The van der Waals surface area contributed by atoms with E-state index in [9.17, 15) is 0 Å². The third-order valence-electron chi connectivity index (χ3n) is 8.70. The molecule has 0 aromatic heterocycles. The molecule has 0 fully saturated rings. The van der Waals surface area contributed by atoms with Crippen molar-refractivity contribution < 1.29 is 0 Å². The van der Waals surface area contributed by atoms with Crippen LogP contribution in [0.1, 0.15) is 37.5 Å². The molecule has 0 aliphatic rings. The average Bonchev–Trinajstić information content (AvgIpc) is 2.99. The normalized spacial score (nSPS) is 11.9. The van der Waals surface area contributed by atoms with Gasteiger partial charge in [0, 0.05) is 0 Å². The lowest BCUT2D eigenvalue weighted by atomic mass is 9.82. The molecule has 0 amide bonds. The molecule has 0 N–H and O–H groups in total. The summed E-state index contributed by atoms with van der Waals surface area (Å²) in [7, 11) is 0. The number of hydrogen-bond donors (Lipinski definition) is 0. The summed E-state index contributed by atoms with van der Waals surface area (Å²) in [5.74, 6) is 0. The van der Waals surface area contributed by atoms with Crippen LogP contribution in [0.4, 0.5) is 0 Å². The minimum absolute atomic E-state index is 0.0842. The van der Waals surface area contributed by atoms with Gasteiger partial charge in [0.2, 0.25) is 0 Å². The quantitative estimate of drug-likeness (QED) is 0.196. The molecular formula is C42H36. The van der Waals surface area contributed by atoms with Gasteiger partial charge in [0.15, 0.2) is 0 Å². The topological polar surface area (TPSA) is 0 Å². The highest BCUT2D eigenvalue weighted by Crippen LogP contribution is 2.45. The van der Waals surface area contributed by atoms with E-state index >= 15 is 0 Å². The molecule has 0 atom stereocenters. The van der Waals surface area contributed by atoms with Crippen molar-refractivity contribution in [3.63, 3.8) is 0 Å². The Morgan fingerprint density at radius 1 is 0.381 bits per heavy atom. The van der Waals surface area contributed by atoms with E-state index in [1.54, 1.807) is 0 Å². The van der Waals surface area contributed by atoms with Crippen molar-refractivity contribution in [3.05, 3.63) is 144 Å². The Morgan fingerprint density at radius 3 is 1.60 bits per heavy atom. The molecule has 0 saturated heterocycles. The zero-order valence-corrected chi connectivity index (χ0v) is 25.1. The van der Waals surface area contributed by atoms with E-state index in [2.05, 4.69) is 162 Å². The highest BCUT2D eigenvalue weighted by Gasteiger charge is 2.19. The summed E-state index contributed by atoms with van der Waals surface area (Å²) in [6.45, 7) is 11.3. The Bertz CT molecular complexity index is 2120. The van der Waals surface area contributed by atoms with Crippen molar-refractivity contribution in [2.45, 2.75) is 40.0 Å². The summed E-state index contributed by atoms with van der Waals surface area (Å²) >= 11 is 0. The van der Waals surface area contributed by atoms with Gasteiger partial charge in [-0.2, -0.15) is 0 Å². The summed E-state index contributed by atoms with van der Waals surface area (Å²) in [5.41, 5.74) is 11.6. The van der Waals surface area contributed by atoms with Crippen molar-refractivity contribution in [2.24, 2.45) is 0 Å². The van der Waals surface area contributed by atoms with Crippen LogP contribution in [-0.4, -0.2) is 0 Å². The van der Waals surface area contributed by atoms with Crippen molar-refractivity contribution in [1.29, 1.82) is 0 Å². The van der Waals surface area contributed by atoms with Crippen LogP contribution in [0, 0.1) is 13.8 Å². The van der Waals surface area contributed by atoms with Crippen LogP contribution in [0.15, 0.2) is 127 Å². The Kier molecular flexibility index (Phi) is 6.24. The molecule has 7 aromatic carbocycles. The number of fused-ring (bicyclic) bond motifs is 3. The summed E-state index contributed by atoms with van der Waals surface area (Å²) in [6, 6.07) is 47.6. The summed E-state index contributed by atoms with van der Waals surface area (Å²) in [6.07, 6.45) is 0. The molecule has 0 unspecified atom stereocenters. The Balaban J connectivity index is 1.47. The minimum atomic E-state index is 0.0842. The van der Waals surface area contributed by atoms with Gasteiger partial charge in [0.1, 0.15) is 0 Å². The fourth-order valence-corrected chi connectivity index (χ4v) is 6.42. The van der Waals surface area contributed by atoms with Crippen molar-refractivity contribution in [2.75, 3.05) is 0 Å². The van der Waals surface area contributed by atoms with Gasteiger partial charge in [0.25, 0.3) is 0 Å². The van der Waals surface area contributed by atoms with Gasteiger partial charge in [-0.3, -0.25) is 0 Å². The highest BCUT2D eigenvalue weighted by molar-refractivity contribution is 6.21. The van der Waals surface area contributed by atoms with Gasteiger partial charge in [-0.1, -0.05) is 153 Å². The van der Waals surface area contributed by atoms with Gasteiger partial charge < -0.3 is 0 Å². The molecule has 0 heterocycles. The molecular weight excluding hydrogens is 504 g/mol. The molecule has 0 aliphatic carbocycles. The van der Waals surface area contributed by atoms with E-state index in [-0.39, 0.29) is 5.41 Å². The van der Waals surface area contributed by atoms with E-state index < -0.39 is 0 Å². The van der Waals surface area contributed by atoms with Crippen molar-refractivity contribution >= 4 is 32.3 Å². The van der Waals surface area contributed by atoms with E-state index in [4.69, 9.17) is 0 Å². The number of aryl methyl sites for hydroxylation is 2. The predicted molar refractivity (Wildman–Crippen MR) is 183 cm³/mol. The van der Waals surface area contributed by atoms with Crippen LogP contribution in [0.5, 0.6) is 0 Å². The lowest BCUT2D eigenvalue weighted by Crippen LogP contribution is -2.10. The number of benzene rings is 7. The molecule has 0 saturated carbocycles. The number of rotatable bonds is 3. The van der Waals surface area contributed by atoms with Crippen molar-refractivity contribution in [1.82, 2.24) is 0 Å². The van der Waals surface area contributed by atoms with Gasteiger partial charge in [0.05, 0.1) is 0 Å². The highest BCUT2D eigenvalue weighted by atomic mass is 14.2. The van der Waals surface area contributed by atoms with Crippen molar-refractivity contribution in [3.8, 4) is 33.4 Å². The summed E-state index contributed by atoms with van der Waals surface area (Å²) in [5, 5.41) is 7.77. The monoisotopic (exact) mass is 540 g/mol. The summed E-state index contributed by atoms with van der Waals surface area (Å²) in [4.78, 5) is 0. The molecule has 7 rings (SSSR count). The van der Waals surface area contributed by atoms with Crippen LogP contribution in [0.2, 0.25) is 0 Å². The maximum atomic E-state index is 2.40. The maximum absolute atomic E-state index is 2.40. The lowest BCUT2D eigenvalue weighted by molar-refractivity contribution is 0.590. The zero-order valence-electron chi connectivity index (χ0n) is 25.1. The van der Waals surface area contributed by atoms with Crippen LogP contribution in [0.3, 0.4) is 0 Å².